The second-order valence-electron chi connectivity index (χ2n) is 5.76. The van der Waals surface area contributed by atoms with Crippen molar-refractivity contribution in [3.05, 3.63) is 29.3 Å². The molecule has 5 heteroatoms. The monoisotopic (exact) mass is 303 g/mol. The van der Waals surface area contributed by atoms with Crippen LogP contribution in [0.1, 0.15) is 35.7 Å². The minimum absolute atomic E-state index is 0.0105. The number of carbonyl (C=O) groups is 2. The van der Waals surface area contributed by atoms with Gasteiger partial charge in [0.2, 0.25) is 0 Å². The maximum Gasteiger partial charge on any atom is 0.310 e. The predicted octanol–water partition coefficient (Wildman–Crippen LogP) is 2.04. The fourth-order valence-electron chi connectivity index (χ4n) is 3.12. The van der Waals surface area contributed by atoms with Gasteiger partial charge in [-0.05, 0) is 43.5 Å². The first-order valence-electron chi connectivity index (χ1n) is 7.90. The highest BCUT2D eigenvalue weighted by Gasteiger charge is 2.30. The van der Waals surface area contributed by atoms with Crippen molar-refractivity contribution in [1.29, 1.82) is 0 Å². The Morgan fingerprint density at radius 3 is 3.09 bits per heavy atom. The van der Waals surface area contributed by atoms with Gasteiger partial charge in [-0.15, -0.1) is 0 Å². The lowest BCUT2D eigenvalue weighted by Gasteiger charge is -2.31. The molecule has 1 unspecified atom stereocenters. The molecule has 2 heterocycles. The number of carbonyl (C=O) groups excluding carboxylic acids is 2. The first-order valence-corrected chi connectivity index (χ1v) is 7.90. The summed E-state index contributed by atoms with van der Waals surface area (Å²) in [6.45, 7) is 4.01. The van der Waals surface area contributed by atoms with Gasteiger partial charge in [0, 0.05) is 25.1 Å². The summed E-state index contributed by atoms with van der Waals surface area (Å²) in [6.07, 6.45) is 2.48. The molecular weight excluding hydrogens is 282 g/mol. The van der Waals surface area contributed by atoms with Crippen molar-refractivity contribution in [1.82, 2.24) is 4.90 Å². The predicted molar refractivity (Wildman–Crippen MR) is 80.9 cm³/mol. The number of benzene rings is 1. The van der Waals surface area contributed by atoms with Gasteiger partial charge in [0.15, 0.2) is 0 Å². The molecule has 0 saturated carbocycles. The normalized spacial score (nSPS) is 20.2. The van der Waals surface area contributed by atoms with E-state index in [-0.39, 0.29) is 17.8 Å². The lowest BCUT2D eigenvalue weighted by atomic mass is 9.97. The number of esters is 1. The number of rotatable bonds is 3. The molecule has 0 spiro atoms. The van der Waals surface area contributed by atoms with E-state index in [2.05, 4.69) is 0 Å². The summed E-state index contributed by atoms with van der Waals surface area (Å²) in [5.41, 5.74) is 1.76. The Balaban J connectivity index is 1.70. The summed E-state index contributed by atoms with van der Waals surface area (Å²) in [5, 5.41) is 0. The number of amides is 1. The van der Waals surface area contributed by atoms with Gasteiger partial charge in [-0.1, -0.05) is 0 Å². The van der Waals surface area contributed by atoms with Crippen LogP contribution in [0.5, 0.6) is 5.75 Å². The van der Waals surface area contributed by atoms with E-state index in [1.165, 1.54) is 0 Å². The van der Waals surface area contributed by atoms with Gasteiger partial charge in [-0.25, -0.2) is 0 Å². The molecule has 0 aliphatic carbocycles. The van der Waals surface area contributed by atoms with Crippen LogP contribution >= 0.6 is 0 Å². The van der Waals surface area contributed by atoms with Gasteiger partial charge in [0.1, 0.15) is 5.75 Å². The number of ether oxygens (including phenoxy) is 2. The van der Waals surface area contributed by atoms with E-state index < -0.39 is 0 Å². The average molecular weight is 303 g/mol. The fraction of sp³-hybridized carbons (Fsp3) is 0.529. The number of fused-ring (bicyclic) bond motifs is 1. The zero-order chi connectivity index (χ0) is 15.5. The Morgan fingerprint density at radius 1 is 1.41 bits per heavy atom. The molecule has 0 bridgehead atoms. The minimum Gasteiger partial charge on any atom is -0.493 e. The molecule has 1 aromatic carbocycles. The van der Waals surface area contributed by atoms with Gasteiger partial charge in [-0.3, -0.25) is 9.59 Å². The third-order valence-corrected chi connectivity index (χ3v) is 4.26. The van der Waals surface area contributed by atoms with Crippen LogP contribution < -0.4 is 4.74 Å². The highest BCUT2D eigenvalue weighted by atomic mass is 16.5. The van der Waals surface area contributed by atoms with Crippen molar-refractivity contribution in [2.75, 3.05) is 26.3 Å². The van der Waals surface area contributed by atoms with Crippen molar-refractivity contribution >= 4 is 11.9 Å². The van der Waals surface area contributed by atoms with E-state index in [1.54, 1.807) is 17.9 Å². The average Bonchev–Trinajstić information content (AvgIpc) is 3.02. The smallest absolute Gasteiger partial charge is 0.310 e. The van der Waals surface area contributed by atoms with Crippen molar-refractivity contribution < 1.29 is 19.1 Å². The Bertz CT molecular complexity index is 584. The maximum atomic E-state index is 12.7. The first kappa shape index (κ1) is 14.9. The summed E-state index contributed by atoms with van der Waals surface area (Å²) >= 11 is 0. The number of nitrogens with zero attached hydrogens (tertiary/aromatic N) is 1. The van der Waals surface area contributed by atoms with Gasteiger partial charge < -0.3 is 14.4 Å². The van der Waals surface area contributed by atoms with Crippen LogP contribution in [-0.2, 0) is 16.0 Å². The van der Waals surface area contributed by atoms with Crippen LogP contribution in [-0.4, -0.2) is 43.1 Å². The second kappa shape index (κ2) is 6.38. The van der Waals surface area contributed by atoms with E-state index in [0.717, 1.165) is 30.6 Å². The molecule has 2 aliphatic heterocycles. The molecule has 1 saturated heterocycles. The van der Waals surface area contributed by atoms with Gasteiger partial charge in [-0.2, -0.15) is 0 Å². The Hall–Kier alpha value is -2.04. The van der Waals surface area contributed by atoms with Crippen LogP contribution in [0.4, 0.5) is 0 Å². The van der Waals surface area contributed by atoms with Crippen molar-refractivity contribution in [3.8, 4) is 5.75 Å². The molecule has 0 N–H and O–H groups in total. The molecule has 1 fully saturated rings. The van der Waals surface area contributed by atoms with Gasteiger partial charge in [0.25, 0.3) is 5.91 Å². The summed E-state index contributed by atoms with van der Waals surface area (Å²) in [7, 11) is 0. The van der Waals surface area contributed by atoms with Crippen LogP contribution in [0.3, 0.4) is 0 Å². The molecule has 118 valence electrons. The summed E-state index contributed by atoms with van der Waals surface area (Å²) in [6, 6.07) is 5.58. The molecule has 0 aromatic heterocycles. The highest BCUT2D eigenvalue weighted by Crippen LogP contribution is 2.27. The second-order valence-corrected chi connectivity index (χ2v) is 5.76. The summed E-state index contributed by atoms with van der Waals surface area (Å²) in [4.78, 5) is 26.3. The highest BCUT2D eigenvalue weighted by molar-refractivity contribution is 5.95. The quantitative estimate of drug-likeness (QED) is 0.802. The van der Waals surface area contributed by atoms with Crippen molar-refractivity contribution in [3.63, 3.8) is 0 Å². The fourth-order valence-corrected chi connectivity index (χ4v) is 3.12. The largest absolute Gasteiger partial charge is 0.493 e. The van der Waals surface area contributed by atoms with Crippen LogP contribution in [0.25, 0.3) is 0 Å². The van der Waals surface area contributed by atoms with Crippen LogP contribution in [0.2, 0.25) is 0 Å². The molecule has 1 aromatic rings. The number of piperidine rings is 1. The lowest BCUT2D eigenvalue weighted by molar-refractivity contribution is -0.149. The number of hydrogen-bond acceptors (Lipinski definition) is 4. The molecule has 0 radical (unpaired) electrons. The number of likely N-dealkylation sites (tertiary alicyclic amines) is 1. The first-order chi connectivity index (χ1) is 10.7. The number of hydrogen-bond donors (Lipinski definition) is 0. The van der Waals surface area contributed by atoms with Crippen molar-refractivity contribution in [2.45, 2.75) is 26.2 Å². The zero-order valence-electron chi connectivity index (χ0n) is 12.8. The standard InChI is InChI=1S/C17H21NO4/c1-2-21-17(20)14-4-3-8-18(11-14)16(19)13-5-6-15-12(10-13)7-9-22-15/h5-6,10,14H,2-4,7-9,11H2,1H3. The Labute approximate surface area is 130 Å². The molecule has 3 rings (SSSR count). The van der Waals surface area contributed by atoms with E-state index in [9.17, 15) is 9.59 Å². The summed E-state index contributed by atoms with van der Waals surface area (Å²) < 4.78 is 10.6. The maximum absolute atomic E-state index is 12.7. The van der Waals surface area contributed by atoms with Crippen LogP contribution in [0.15, 0.2) is 18.2 Å². The third-order valence-electron chi connectivity index (χ3n) is 4.26. The van der Waals surface area contributed by atoms with Crippen LogP contribution in [0, 0.1) is 5.92 Å². The Morgan fingerprint density at radius 2 is 2.27 bits per heavy atom. The molecule has 22 heavy (non-hydrogen) atoms. The topological polar surface area (TPSA) is 55.8 Å². The Kier molecular flexibility index (Phi) is 4.32. The van der Waals surface area contributed by atoms with E-state index in [4.69, 9.17) is 9.47 Å². The lowest BCUT2D eigenvalue weighted by Crippen LogP contribution is -2.42. The zero-order valence-corrected chi connectivity index (χ0v) is 12.8. The molecule has 5 nitrogen and oxygen atoms in total. The van der Waals surface area contributed by atoms with E-state index >= 15 is 0 Å². The van der Waals surface area contributed by atoms with E-state index in [0.29, 0.717) is 31.9 Å². The summed E-state index contributed by atoms with van der Waals surface area (Å²) in [5.74, 6) is 0.473. The third kappa shape index (κ3) is 2.93. The van der Waals surface area contributed by atoms with Gasteiger partial charge in [0.05, 0.1) is 19.1 Å². The minimum atomic E-state index is -0.199. The SMILES string of the molecule is CCOC(=O)C1CCCN(C(=O)c2ccc3c(c2)CCO3)C1. The molecule has 1 atom stereocenters. The molecule has 1 amide bonds. The molecular formula is C17H21NO4. The van der Waals surface area contributed by atoms with E-state index in [1.807, 2.05) is 12.1 Å². The van der Waals surface area contributed by atoms with Gasteiger partial charge >= 0.3 is 5.97 Å². The molecule has 2 aliphatic rings. The van der Waals surface area contributed by atoms with Crippen molar-refractivity contribution in [2.24, 2.45) is 5.92 Å².